The van der Waals surface area contributed by atoms with Crippen LogP contribution in [0.4, 0.5) is 13.2 Å². The maximum Gasteiger partial charge on any atom is 0.423 e. The van der Waals surface area contributed by atoms with Crippen molar-refractivity contribution in [3.05, 3.63) is 22.1 Å². The lowest BCUT2D eigenvalue weighted by Crippen LogP contribution is -2.22. The smallest absolute Gasteiger partial charge is 0.301 e. The van der Waals surface area contributed by atoms with Gasteiger partial charge < -0.3 is 4.98 Å². The molecule has 0 unspecified atom stereocenters. The number of rotatable bonds is 1. The zero-order valence-electron chi connectivity index (χ0n) is 10.9. The van der Waals surface area contributed by atoms with Crippen molar-refractivity contribution in [1.29, 1.82) is 0 Å². The second kappa shape index (κ2) is 6.98. The summed E-state index contributed by atoms with van der Waals surface area (Å²) in [6.45, 7) is 2.34. The number of thioether (sulfide) groups is 1. The van der Waals surface area contributed by atoms with Crippen molar-refractivity contribution in [3.8, 4) is 0 Å². The molecular formula is C12H17F3N2OS. The Morgan fingerprint density at radius 2 is 1.95 bits per heavy atom. The summed E-state index contributed by atoms with van der Waals surface area (Å²) in [6.07, 6.45) is 3.44. The van der Waals surface area contributed by atoms with E-state index in [9.17, 15) is 18.0 Å². The topological polar surface area (TPSA) is 45.8 Å². The highest BCUT2D eigenvalue weighted by atomic mass is 32.2. The molecule has 19 heavy (non-hydrogen) atoms. The number of aromatic amines is 1. The second-order valence-electron chi connectivity index (χ2n) is 4.52. The molecule has 0 spiro atoms. The molecule has 2 rings (SSSR count). The number of hydrogen-bond acceptors (Lipinski definition) is 3. The third-order valence-electron chi connectivity index (χ3n) is 2.92. The van der Waals surface area contributed by atoms with Gasteiger partial charge in [-0.15, -0.1) is 0 Å². The van der Waals surface area contributed by atoms with Gasteiger partial charge in [-0.25, -0.2) is 4.98 Å². The van der Waals surface area contributed by atoms with Gasteiger partial charge in [0.25, 0.3) is 5.56 Å². The molecule has 0 aromatic carbocycles. The van der Waals surface area contributed by atoms with Gasteiger partial charge in [-0.2, -0.15) is 13.2 Å². The molecular weight excluding hydrogens is 277 g/mol. The highest BCUT2D eigenvalue weighted by molar-refractivity contribution is 7.98. The quantitative estimate of drug-likeness (QED) is 0.634. The molecule has 1 aliphatic carbocycles. The number of aromatic nitrogens is 2. The summed E-state index contributed by atoms with van der Waals surface area (Å²) in [5.74, 6) is 1.05. The van der Waals surface area contributed by atoms with Gasteiger partial charge in [0.2, 0.25) is 0 Å². The van der Waals surface area contributed by atoms with Crippen molar-refractivity contribution in [3.63, 3.8) is 0 Å². The molecule has 0 atom stereocenters. The molecule has 1 aromatic heterocycles. The molecule has 1 N–H and O–H groups in total. The number of alkyl halides is 3. The zero-order valence-corrected chi connectivity index (χ0v) is 11.7. The summed E-state index contributed by atoms with van der Waals surface area (Å²) in [7, 11) is 0. The molecule has 0 bridgehead atoms. The van der Waals surface area contributed by atoms with Crippen molar-refractivity contribution in [2.45, 2.75) is 43.9 Å². The fourth-order valence-electron chi connectivity index (χ4n) is 1.81. The highest BCUT2D eigenvalue weighted by Gasteiger charge is 2.34. The van der Waals surface area contributed by atoms with Crippen LogP contribution in [-0.4, -0.2) is 16.2 Å². The molecule has 0 amide bonds. The van der Waals surface area contributed by atoms with Crippen LogP contribution < -0.4 is 5.56 Å². The Bertz CT molecular complexity index is 453. The minimum absolute atomic E-state index is 0.165. The minimum Gasteiger partial charge on any atom is -0.301 e. The molecule has 0 saturated heterocycles. The maximum absolute atomic E-state index is 12.0. The Balaban J connectivity index is 0.000000250. The first kappa shape index (κ1) is 16.1. The number of H-pyrrole nitrogens is 1. The number of nitrogens with one attached hydrogen (secondary N) is 1. The Hall–Kier alpha value is -0.980. The molecule has 0 radical (unpaired) electrons. The Morgan fingerprint density at radius 3 is 2.26 bits per heavy atom. The lowest BCUT2D eigenvalue weighted by molar-refractivity contribution is -0.139. The Morgan fingerprint density at radius 1 is 1.37 bits per heavy atom. The first-order chi connectivity index (χ1) is 8.84. The highest BCUT2D eigenvalue weighted by Crippen LogP contribution is 2.25. The summed E-state index contributed by atoms with van der Waals surface area (Å²) in [6, 6.07) is 0. The van der Waals surface area contributed by atoms with E-state index in [1.54, 1.807) is 6.26 Å². The van der Waals surface area contributed by atoms with E-state index in [1.807, 2.05) is 4.98 Å². The van der Waals surface area contributed by atoms with E-state index < -0.39 is 17.3 Å². The Labute approximate surface area is 114 Å². The SMILES string of the molecule is CC1CCCC1.CSc1ncc(C(F)(F)F)c(=O)[nH]1. The van der Waals surface area contributed by atoms with E-state index in [1.165, 1.54) is 25.7 Å². The van der Waals surface area contributed by atoms with Gasteiger partial charge in [0, 0.05) is 6.20 Å². The summed E-state index contributed by atoms with van der Waals surface area (Å²) in [5.41, 5.74) is -2.43. The third kappa shape index (κ3) is 5.26. The average Bonchev–Trinajstić information content (AvgIpc) is 2.79. The molecule has 1 saturated carbocycles. The predicted molar refractivity (Wildman–Crippen MR) is 69.3 cm³/mol. The molecule has 1 heterocycles. The van der Waals surface area contributed by atoms with Gasteiger partial charge in [0.05, 0.1) is 0 Å². The fourth-order valence-corrected chi connectivity index (χ4v) is 2.17. The minimum atomic E-state index is -4.64. The predicted octanol–water partition coefficient (Wildman–Crippen LogP) is 3.71. The Kier molecular flexibility index (Phi) is 5.90. The van der Waals surface area contributed by atoms with Gasteiger partial charge >= 0.3 is 6.18 Å². The van der Waals surface area contributed by atoms with E-state index in [-0.39, 0.29) is 5.16 Å². The van der Waals surface area contributed by atoms with Crippen LogP contribution in [0.5, 0.6) is 0 Å². The van der Waals surface area contributed by atoms with Crippen LogP contribution >= 0.6 is 11.8 Å². The summed E-state index contributed by atoms with van der Waals surface area (Å²) >= 11 is 1.07. The molecule has 7 heteroatoms. The summed E-state index contributed by atoms with van der Waals surface area (Å²) in [4.78, 5) is 16.2. The monoisotopic (exact) mass is 294 g/mol. The molecule has 0 aliphatic heterocycles. The van der Waals surface area contributed by atoms with Crippen LogP contribution in [-0.2, 0) is 6.18 Å². The lowest BCUT2D eigenvalue weighted by atomic mass is 10.2. The first-order valence-corrected chi connectivity index (χ1v) is 7.27. The van der Waals surface area contributed by atoms with E-state index in [4.69, 9.17) is 0 Å². The molecule has 1 aromatic rings. The molecule has 1 aliphatic rings. The number of nitrogens with zero attached hydrogens (tertiary/aromatic N) is 1. The summed E-state index contributed by atoms with van der Waals surface area (Å²) in [5, 5.41) is 0.165. The van der Waals surface area contributed by atoms with Gasteiger partial charge in [0.15, 0.2) is 5.16 Å². The van der Waals surface area contributed by atoms with Gasteiger partial charge in [-0.3, -0.25) is 4.79 Å². The maximum atomic E-state index is 12.0. The van der Waals surface area contributed by atoms with Crippen LogP contribution in [0.3, 0.4) is 0 Å². The molecule has 108 valence electrons. The fraction of sp³-hybridized carbons (Fsp3) is 0.667. The van der Waals surface area contributed by atoms with E-state index in [0.29, 0.717) is 6.20 Å². The van der Waals surface area contributed by atoms with Crippen LogP contribution in [0.1, 0.15) is 38.2 Å². The third-order valence-corrected chi connectivity index (χ3v) is 3.51. The van der Waals surface area contributed by atoms with Crippen molar-refractivity contribution in [1.82, 2.24) is 9.97 Å². The first-order valence-electron chi connectivity index (χ1n) is 6.05. The van der Waals surface area contributed by atoms with Gasteiger partial charge in [0.1, 0.15) is 5.56 Å². The van der Waals surface area contributed by atoms with Crippen LogP contribution in [0.25, 0.3) is 0 Å². The van der Waals surface area contributed by atoms with Gasteiger partial charge in [-0.1, -0.05) is 44.4 Å². The molecule has 1 fully saturated rings. The van der Waals surface area contributed by atoms with Crippen molar-refractivity contribution >= 4 is 11.8 Å². The normalized spacial score (nSPS) is 16.1. The number of halogens is 3. The van der Waals surface area contributed by atoms with E-state index in [2.05, 4.69) is 11.9 Å². The lowest BCUT2D eigenvalue weighted by Gasteiger charge is -2.04. The van der Waals surface area contributed by atoms with Crippen LogP contribution in [0.15, 0.2) is 16.1 Å². The van der Waals surface area contributed by atoms with E-state index >= 15 is 0 Å². The number of hydrogen-bond donors (Lipinski definition) is 1. The standard InChI is InChI=1S/C6H5F3N2OS.C6H12/c1-13-5-10-2-3(4(12)11-5)6(7,8)9;1-6-4-2-3-5-6/h2H,1H3,(H,10,11,12);6H,2-5H2,1H3. The molecule has 3 nitrogen and oxygen atoms in total. The van der Waals surface area contributed by atoms with Crippen LogP contribution in [0.2, 0.25) is 0 Å². The van der Waals surface area contributed by atoms with Crippen molar-refractivity contribution < 1.29 is 13.2 Å². The van der Waals surface area contributed by atoms with Crippen LogP contribution in [0, 0.1) is 5.92 Å². The van der Waals surface area contributed by atoms with E-state index in [0.717, 1.165) is 17.7 Å². The van der Waals surface area contributed by atoms with Gasteiger partial charge in [-0.05, 0) is 12.2 Å². The summed E-state index contributed by atoms with van der Waals surface area (Å²) < 4.78 is 36.1. The largest absolute Gasteiger partial charge is 0.423 e. The average molecular weight is 294 g/mol. The van der Waals surface area contributed by atoms with Crippen molar-refractivity contribution in [2.75, 3.05) is 6.26 Å². The zero-order chi connectivity index (χ0) is 14.5. The van der Waals surface area contributed by atoms with Crippen molar-refractivity contribution in [2.24, 2.45) is 5.92 Å². The second-order valence-corrected chi connectivity index (χ2v) is 5.32.